The quantitative estimate of drug-likeness (QED) is 0.750. The first-order valence-electron chi connectivity index (χ1n) is 7.24. The van der Waals surface area contributed by atoms with Crippen LogP contribution in [0.5, 0.6) is 0 Å². The highest BCUT2D eigenvalue weighted by Gasteiger charge is 2.16. The topological polar surface area (TPSA) is 80.0 Å². The molecule has 7 heteroatoms. The maximum Gasteiger partial charge on any atom is 0.320 e. The maximum absolute atomic E-state index is 11.2. The van der Waals surface area contributed by atoms with Crippen LogP contribution in [-0.2, 0) is 11.3 Å². The van der Waals surface area contributed by atoms with Crippen molar-refractivity contribution in [3.05, 3.63) is 40.6 Å². The number of unbranched alkanes of at least 4 members (excludes halogenated alkanes) is 1. The molecule has 1 atom stereocenters. The van der Waals surface area contributed by atoms with Gasteiger partial charge < -0.3 is 5.11 Å². The van der Waals surface area contributed by atoms with E-state index in [0.717, 1.165) is 23.0 Å². The minimum atomic E-state index is -0.827. The molecule has 0 aliphatic heterocycles. The summed E-state index contributed by atoms with van der Waals surface area (Å²) in [6.45, 7) is 2.42. The number of nitrogens with one attached hydrogen (secondary N) is 1. The minimum absolute atomic E-state index is 0.380. The molecule has 0 saturated heterocycles. The summed E-state index contributed by atoms with van der Waals surface area (Å²) in [5.41, 5.74) is 1.60. The molecule has 0 saturated carbocycles. The number of carbonyl (C=O) groups is 1. The summed E-state index contributed by atoms with van der Waals surface area (Å²) < 4.78 is 2.59. The minimum Gasteiger partial charge on any atom is -0.480 e. The van der Waals surface area contributed by atoms with Gasteiger partial charge in [-0.1, -0.05) is 37.1 Å². The first-order chi connectivity index (χ1) is 10.6. The van der Waals surface area contributed by atoms with E-state index in [9.17, 15) is 9.90 Å². The van der Waals surface area contributed by atoms with Crippen molar-refractivity contribution < 1.29 is 9.90 Å². The Labute approximate surface area is 137 Å². The van der Waals surface area contributed by atoms with Crippen molar-refractivity contribution in [1.82, 2.24) is 20.3 Å². The van der Waals surface area contributed by atoms with Gasteiger partial charge in [-0.25, -0.2) is 4.68 Å². The van der Waals surface area contributed by atoms with E-state index in [0.29, 0.717) is 18.7 Å². The average molecular weight is 367 g/mol. The van der Waals surface area contributed by atoms with E-state index in [1.807, 2.05) is 31.2 Å². The van der Waals surface area contributed by atoms with Gasteiger partial charge in [0.15, 0.2) is 0 Å². The van der Waals surface area contributed by atoms with Crippen LogP contribution < -0.4 is 5.32 Å². The molecule has 2 aromatic rings. The number of rotatable bonds is 8. The van der Waals surface area contributed by atoms with Crippen molar-refractivity contribution in [3.63, 3.8) is 0 Å². The summed E-state index contributed by atoms with van der Waals surface area (Å²) in [5.74, 6) is -0.827. The Bertz CT molecular complexity index is 630. The lowest BCUT2D eigenvalue weighted by atomic mass is 10.1. The van der Waals surface area contributed by atoms with Crippen LogP contribution in [0, 0.1) is 0 Å². The third-order valence-corrected chi connectivity index (χ3v) is 3.98. The van der Waals surface area contributed by atoms with Gasteiger partial charge >= 0.3 is 5.97 Å². The second-order valence-electron chi connectivity index (χ2n) is 5.02. The molecule has 0 amide bonds. The van der Waals surface area contributed by atoms with Crippen LogP contribution in [0.4, 0.5) is 0 Å². The molecule has 2 rings (SSSR count). The largest absolute Gasteiger partial charge is 0.480 e. The number of hydrogen-bond donors (Lipinski definition) is 2. The summed E-state index contributed by atoms with van der Waals surface area (Å²) in [5, 5.41) is 20.4. The molecule has 6 nitrogen and oxygen atoms in total. The molecule has 0 aliphatic rings. The lowest BCUT2D eigenvalue weighted by molar-refractivity contribution is -0.139. The van der Waals surface area contributed by atoms with Crippen LogP contribution in [0.1, 0.15) is 31.9 Å². The van der Waals surface area contributed by atoms with E-state index in [1.165, 1.54) is 0 Å². The highest BCUT2D eigenvalue weighted by Crippen LogP contribution is 2.19. The van der Waals surface area contributed by atoms with Gasteiger partial charge in [0.2, 0.25) is 0 Å². The summed E-state index contributed by atoms with van der Waals surface area (Å²) in [6, 6.07) is 7.16. The Hall–Kier alpha value is -1.73. The number of nitrogens with zero attached hydrogens (tertiary/aromatic N) is 3. The number of para-hydroxylation sites is 1. The number of aromatic nitrogens is 3. The van der Waals surface area contributed by atoms with Crippen molar-refractivity contribution in [2.45, 2.75) is 38.8 Å². The van der Waals surface area contributed by atoms with Crippen LogP contribution in [0.25, 0.3) is 5.69 Å². The van der Waals surface area contributed by atoms with Gasteiger partial charge in [0, 0.05) is 11.0 Å². The molecular formula is C15H19BrN4O2. The lowest BCUT2D eigenvalue weighted by Gasteiger charge is -2.12. The third-order valence-electron chi connectivity index (χ3n) is 3.31. The predicted octanol–water partition coefficient (Wildman–Crippen LogP) is 2.76. The van der Waals surface area contributed by atoms with E-state index in [2.05, 4.69) is 31.6 Å². The Kier molecular flexibility index (Phi) is 6.09. The molecule has 0 radical (unpaired) electrons. The van der Waals surface area contributed by atoms with E-state index in [1.54, 1.807) is 10.9 Å². The van der Waals surface area contributed by atoms with Gasteiger partial charge in [0.1, 0.15) is 6.04 Å². The molecule has 1 heterocycles. The highest BCUT2D eigenvalue weighted by molar-refractivity contribution is 9.10. The number of aliphatic carboxylic acids is 1. The second-order valence-corrected chi connectivity index (χ2v) is 5.87. The number of benzene rings is 1. The van der Waals surface area contributed by atoms with Gasteiger partial charge in [-0.2, -0.15) is 0 Å². The number of hydrogen-bond acceptors (Lipinski definition) is 4. The fraction of sp³-hybridized carbons (Fsp3) is 0.400. The molecule has 118 valence electrons. The fourth-order valence-corrected chi connectivity index (χ4v) is 2.55. The smallest absolute Gasteiger partial charge is 0.320 e. The van der Waals surface area contributed by atoms with Crippen molar-refractivity contribution in [1.29, 1.82) is 0 Å². The molecule has 22 heavy (non-hydrogen) atoms. The predicted molar refractivity (Wildman–Crippen MR) is 86.8 cm³/mol. The molecule has 1 unspecified atom stereocenters. The van der Waals surface area contributed by atoms with Crippen molar-refractivity contribution in [2.75, 3.05) is 0 Å². The van der Waals surface area contributed by atoms with Gasteiger partial charge in [-0.05, 0) is 34.5 Å². The van der Waals surface area contributed by atoms with Crippen LogP contribution in [0.15, 0.2) is 34.9 Å². The molecule has 1 aromatic heterocycles. The summed E-state index contributed by atoms with van der Waals surface area (Å²) in [4.78, 5) is 11.2. The Morgan fingerprint density at radius 1 is 1.45 bits per heavy atom. The second kappa shape index (κ2) is 8.05. The first-order valence-corrected chi connectivity index (χ1v) is 8.03. The van der Waals surface area contributed by atoms with E-state index in [4.69, 9.17) is 0 Å². The standard InChI is InChI=1S/C15H19BrN4O2/c1-2-3-7-13(15(21)22)17-9-11-10-20(19-18-11)14-8-5-4-6-12(14)16/h4-6,8,10,13,17H,2-3,7,9H2,1H3,(H,21,22). The van der Waals surface area contributed by atoms with E-state index >= 15 is 0 Å². The van der Waals surface area contributed by atoms with Crippen LogP contribution in [0.2, 0.25) is 0 Å². The summed E-state index contributed by atoms with van der Waals surface area (Å²) in [6.07, 6.45) is 4.27. The molecule has 0 aliphatic carbocycles. The SMILES string of the molecule is CCCCC(NCc1cn(-c2ccccc2Br)nn1)C(=O)O. The molecule has 2 N–H and O–H groups in total. The number of carboxylic acids is 1. The van der Waals surface area contributed by atoms with Crippen LogP contribution >= 0.6 is 15.9 Å². The highest BCUT2D eigenvalue weighted by atomic mass is 79.9. The number of halogens is 1. The van der Waals surface area contributed by atoms with Gasteiger partial charge in [-0.3, -0.25) is 10.1 Å². The normalized spacial score (nSPS) is 12.3. The van der Waals surface area contributed by atoms with Crippen LogP contribution in [0.3, 0.4) is 0 Å². The summed E-state index contributed by atoms with van der Waals surface area (Å²) >= 11 is 3.47. The maximum atomic E-state index is 11.2. The Morgan fingerprint density at radius 3 is 2.91 bits per heavy atom. The Balaban J connectivity index is 2.00. The molecule has 0 bridgehead atoms. The number of carboxylic acid groups (broad SMARTS) is 1. The zero-order chi connectivity index (χ0) is 15.9. The fourth-order valence-electron chi connectivity index (χ4n) is 2.08. The van der Waals surface area contributed by atoms with Crippen molar-refractivity contribution in [2.24, 2.45) is 0 Å². The van der Waals surface area contributed by atoms with Crippen LogP contribution in [-0.4, -0.2) is 32.1 Å². The van der Waals surface area contributed by atoms with E-state index < -0.39 is 12.0 Å². The Morgan fingerprint density at radius 2 is 2.23 bits per heavy atom. The summed E-state index contributed by atoms with van der Waals surface area (Å²) in [7, 11) is 0. The lowest BCUT2D eigenvalue weighted by Crippen LogP contribution is -2.36. The average Bonchev–Trinajstić information content (AvgIpc) is 2.96. The van der Waals surface area contributed by atoms with Gasteiger partial charge in [0.25, 0.3) is 0 Å². The molecule has 1 aromatic carbocycles. The van der Waals surface area contributed by atoms with Gasteiger partial charge in [0.05, 0.1) is 17.6 Å². The molecule has 0 spiro atoms. The van der Waals surface area contributed by atoms with Crippen molar-refractivity contribution >= 4 is 21.9 Å². The monoisotopic (exact) mass is 366 g/mol. The van der Waals surface area contributed by atoms with Gasteiger partial charge in [-0.15, -0.1) is 5.10 Å². The first kappa shape index (κ1) is 16.6. The third kappa shape index (κ3) is 4.38. The van der Waals surface area contributed by atoms with E-state index in [-0.39, 0.29) is 0 Å². The molecule has 0 fully saturated rings. The zero-order valence-electron chi connectivity index (χ0n) is 12.4. The zero-order valence-corrected chi connectivity index (χ0v) is 14.0. The van der Waals surface area contributed by atoms with Crippen molar-refractivity contribution in [3.8, 4) is 5.69 Å². The molecular weight excluding hydrogens is 348 g/mol.